The molecule has 2 fully saturated rings. The lowest BCUT2D eigenvalue weighted by atomic mass is 10.2. The van der Waals surface area contributed by atoms with E-state index in [9.17, 15) is 4.79 Å². The Morgan fingerprint density at radius 2 is 2.04 bits per heavy atom. The number of methoxy groups -OCH3 is 1. The Morgan fingerprint density at radius 3 is 2.70 bits per heavy atom. The molecular formula is C20H28N4O2S. The van der Waals surface area contributed by atoms with Crippen LogP contribution in [-0.2, 0) is 11.3 Å². The number of ketones is 1. The third-order valence-corrected chi connectivity index (χ3v) is 6.43. The normalized spacial score (nSPS) is 16.9. The molecule has 0 radical (unpaired) electrons. The average molecular weight is 389 g/mol. The number of hydrogen-bond acceptors (Lipinski definition) is 5. The van der Waals surface area contributed by atoms with Gasteiger partial charge >= 0.3 is 0 Å². The summed E-state index contributed by atoms with van der Waals surface area (Å²) in [5, 5.41) is 9.75. The Morgan fingerprint density at radius 1 is 1.26 bits per heavy atom. The number of thioether (sulfide) groups is 1. The van der Waals surface area contributed by atoms with Gasteiger partial charge in [-0.1, -0.05) is 11.8 Å². The summed E-state index contributed by atoms with van der Waals surface area (Å²) < 4.78 is 9.67. The summed E-state index contributed by atoms with van der Waals surface area (Å²) in [6, 6.07) is 2.57. The summed E-state index contributed by atoms with van der Waals surface area (Å²) in [7, 11) is 1.72. The maximum atomic E-state index is 12.9. The quantitative estimate of drug-likeness (QED) is 0.351. The van der Waals surface area contributed by atoms with Crippen molar-refractivity contribution in [1.29, 1.82) is 0 Å². The van der Waals surface area contributed by atoms with E-state index in [4.69, 9.17) is 4.74 Å². The molecule has 0 atom stereocenters. The summed E-state index contributed by atoms with van der Waals surface area (Å²) in [5.74, 6) is 2.32. The van der Waals surface area contributed by atoms with Crippen molar-refractivity contribution in [2.24, 2.45) is 0 Å². The number of aromatic nitrogens is 4. The first-order chi connectivity index (χ1) is 13.1. The minimum atomic E-state index is 0.171. The van der Waals surface area contributed by atoms with E-state index in [1.54, 1.807) is 18.9 Å². The molecule has 0 aliphatic heterocycles. The van der Waals surface area contributed by atoms with Gasteiger partial charge in [0.1, 0.15) is 5.82 Å². The molecule has 2 heterocycles. The van der Waals surface area contributed by atoms with Crippen LogP contribution < -0.4 is 0 Å². The second-order valence-electron chi connectivity index (χ2n) is 7.71. The van der Waals surface area contributed by atoms with E-state index in [1.165, 1.54) is 25.7 Å². The SMILES string of the molecule is COCCCn1c(C)cc(C(=O)CSc2nnc(C3CC3)n2C2CC2)c1C. The second-order valence-corrected chi connectivity index (χ2v) is 8.65. The molecule has 0 bridgehead atoms. The Labute approximate surface area is 164 Å². The average Bonchev–Trinajstić information content (AvgIpc) is 3.59. The molecule has 0 amide bonds. The first-order valence-corrected chi connectivity index (χ1v) is 10.8. The van der Waals surface area contributed by atoms with Crippen molar-refractivity contribution in [3.63, 3.8) is 0 Å². The maximum absolute atomic E-state index is 12.9. The molecule has 0 N–H and O–H groups in total. The molecule has 6 nitrogen and oxygen atoms in total. The molecule has 2 aromatic rings. The van der Waals surface area contributed by atoms with Crippen molar-refractivity contribution in [2.75, 3.05) is 19.5 Å². The van der Waals surface area contributed by atoms with E-state index < -0.39 is 0 Å². The topological polar surface area (TPSA) is 61.9 Å². The van der Waals surface area contributed by atoms with Crippen LogP contribution in [0.4, 0.5) is 0 Å². The summed E-state index contributed by atoms with van der Waals surface area (Å²) >= 11 is 1.54. The van der Waals surface area contributed by atoms with E-state index in [-0.39, 0.29) is 5.78 Å². The molecule has 7 heteroatoms. The smallest absolute Gasteiger partial charge is 0.191 e. The van der Waals surface area contributed by atoms with Gasteiger partial charge in [-0.3, -0.25) is 4.79 Å². The third kappa shape index (κ3) is 3.99. The van der Waals surface area contributed by atoms with Crippen LogP contribution in [0.1, 0.15) is 71.6 Å². The minimum absolute atomic E-state index is 0.171. The summed E-state index contributed by atoms with van der Waals surface area (Å²) in [5.41, 5.74) is 3.02. The Hall–Kier alpha value is -1.60. The molecule has 4 rings (SSSR count). The van der Waals surface area contributed by atoms with E-state index in [0.717, 1.165) is 47.5 Å². The predicted molar refractivity (Wildman–Crippen MR) is 106 cm³/mol. The Balaban J connectivity index is 1.44. The zero-order valence-corrected chi connectivity index (χ0v) is 17.2. The van der Waals surface area contributed by atoms with Gasteiger partial charge in [-0.15, -0.1) is 10.2 Å². The molecule has 0 spiro atoms. The van der Waals surface area contributed by atoms with Gasteiger partial charge in [-0.05, 0) is 52.0 Å². The number of rotatable bonds is 10. The first kappa shape index (κ1) is 18.7. The zero-order chi connectivity index (χ0) is 19.0. The van der Waals surface area contributed by atoms with Gasteiger partial charge in [0, 0.05) is 49.2 Å². The molecule has 2 aliphatic rings. The van der Waals surface area contributed by atoms with Gasteiger partial charge in [0.05, 0.1) is 5.75 Å². The largest absolute Gasteiger partial charge is 0.385 e. The predicted octanol–water partition coefficient (Wildman–Crippen LogP) is 3.92. The summed E-state index contributed by atoms with van der Waals surface area (Å²) in [4.78, 5) is 12.9. The summed E-state index contributed by atoms with van der Waals surface area (Å²) in [6.45, 7) is 5.72. The molecule has 2 saturated carbocycles. The third-order valence-electron chi connectivity index (χ3n) is 5.48. The lowest BCUT2D eigenvalue weighted by molar-refractivity contribution is 0.102. The zero-order valence-electron chi connectivity index (χ0n) is 16.4. The fourth-order valence-corrected chi connectivity index (χ4v) is 4.58. The molecule has 0 aromatic carbocycles. The van der Waals surface area contributed by atoms with Crippen molar-refractivity contribution in [3.05, 3.63) is 28.8 Å². The number of ether oxygens (including phenoxy) is 1. The van der Waals surface area contributed by atoms with E-state index in [1.807, 2.05) is 13.0 Å². The fraction of sp³-hybridized carbons (Fsp3) is 0.650. The van der Waals surface area contributed by atoms with Crippen LogP contribution in [0.25, 0.3) is 0 Å². The number of carbonyl (C=O) groups excluding carboxylic acids is 1. The van der Waals surface area contributed by atoms with Crippen LogP contribution in [0, 0.1) is 13.8 Å². The monoisotopic (exact) mass is 388 g/mol. The van der Waals surface area contributed by atoms with Crippen molar-refractivity contribution >= 4 is 17.5 Å². The molecule has 0 unspecified atom stereocenters. The van der Waals surface area contributed by atoms with E-state index in [2.05, 4.69) is 26.3 Å². The standard InChI is InChI=1S/C20H28N4O2S/c1-13-11-17(14(2)23(13)9-4-10-26-3)18(25)12-27-20-22-21-19(15-5-6-15)24(20)16-7-8-16/h11,15-16H,4-10,12H2,1-3H3. The minimum Gasteiger partial charge on any atom is -0.385 e. The van der Waals surface area contributed by atoms with Crippen molar-refractivity contribution in [3.8, 4) is 0 Å². The van der Waals surface area contributed by atoms with Gasteiger partial charge in [-0.25, -0.2) is 0 Å². The van der Waals surface area contributed by atoms with Crippen LogP contribution in [0.5, 0.6) is 0 Å². The first-order valence-electron chi connectivity index (χ1n) is 9.86. The molecule has 2 aliphatic carbocycles. The molecule has 146 valence electrons. The molecule has 0 saturated heterocycles. The van der Waals surface area contributed by atoms with Crippen LogP contribution in [-0.4, -0.2) is 44.6 Å². The van der Waals surface area contributed by atoms with Crippen LogP contribution in [0.3, 0.4) is 0 Å². The lowest BCUT2D eigenvalue weighted by Gasteiger charge is -2.09. The highest BCUT2D eigenvalue weighted by Gasteiger charge is 2.36. The van der Waals surface area contributed by atoms with Gasteiger partial charge < -0.3 is 13.9 Å². The molecule has 27 heavy (non-hydrogen) atoms. The fourth-order valence-electron chi connectivity index (χ4n) is 3.68. The van der Waals surface area contributed by atoms with Crippen LogP contribution in [0.15, 0.2) is 11.2 Å². The summed E-state index contributed by atoms with van der Waals surface area (Å²) in [6.07, 6.45) is 5.82. The van der Waals surface area contributed by atoms with Crippen LogP contribution in [0.2, 0.25) is 0 Å². The van der Waals surface area contributed by atoms with Gasteiger partial charge in [0.15, 0.2) is 10.9 Å². The highest BCUT2D eigenvalue weighted by molar-refractivity contribution is 7.99. The number of carbonyl (C=O) groups is 1. The highest BCUT2D eigenvalue weighted by atomic mass is 32.2. The molecular weight excluding hydrogens is 360 g/mol. The van der Waals surface area contributed by atoms with Crippen molar-refractivity contribution in [1.82, 2.24) is 19.3 Å². The Kier molecular flexibility index (Phi) is 5.41. The van der Waals surface area contributed by atoms with Crippen molar-refractivity contribution < 1.29 is 9.53 Å². The number of nitrogens with zero attached hydrogens (tertiary/aromatic N) is 4. The number of hydrogen-bond donors (Lipinski definition) is 0. The molecule has 2 aromatic heterocycles. The number of Topliss-reactive ketones (excluding diaryl/α,β-unsaturated/α-hetero) is 1. The van der Waals surface area contributed by atoms with E-state index >= 15 is 0 Å². The van der Waals surface area contributed by atoms with Gasteiger partial charge in [0.25, 0.3) is 0 Å². The highest BCUT2D eigenvalue weighted by Crippen LogP contribution is 2.46. The lowest BCUT2D eigenvalue weighted by Crippen LogP contribution is -2.09. The maximum Gasteiger partial charge on any atom is 0.191 e. The van der Waals surface area contributed by atoms with E-state index in [0.29, 0.717) is 17.7 Å². The Bertz CT molecular complexity index is 833. The van der Waals surface area contributed by atoms with Crippen LogP contribution >= 0.6 is 11.8 Å². The number of aryl methyl sites for hydroxylation is 1. The van der Waals surface area contributed by atoms with Gasteiger partial charge in [-0.2, -0.15) is 0 Å². The van der Waals surface area contributed by atoms with Gasteiger partial charge in [0.2, 0.25) is 0 Å². The second kappa shape index (κ2) is 7.80. The van der Waals surface area contributed by atoms with Crippen molar-refractivity contribution in [2.45, 2.75) is 69.6 Å².